The van der Waals surface area contributed by atoms with Gasteiger partial charge in [-0.25, -0.2) is 4.79 Å². The number of esters is 1. The zero-order valence-corrected chi connectivity index (χ0v) is 23.6. The van der Waals surface area contributed by atoms with Gasteiger partial charge in [0.25, 0.3) is 0 Å². The van der Waals surface area contributed by atoms with Gasteiger partial charge in [0.1, 0.15) is 0 Å². The average molecular weight is 558 g/mol. The SMILES string of the molecule is COc1cccc([C@@H]2C(C(=O)OCCc3ccccc3)=C(C)NC3=C2C(=O)C[C@@H](c2ccc(Cl)cc2)C3)c1OC. The number of dihydropyridines is 1. The third kappa shape index (κ3) is 5.50. The van der Waals surface area contributed by atoms with Gasteiger partial charge in [-0.15, -0.1) is 0 Å². The number of hydrogen-bond donors (Lipinski definition) is 1. The highest BCUT2D eigenvalue weighted by Gasteiger charge is 2.42. The van der Waals surface area contributed by atoms with Gasteiger partial charge in [0.05, 0.1) is 32.3 Å². The lowest BCUT2D eigenvalue weighted by molar-refractivity contribution is -0.139. The van der Waals surface area contributed by atoms with Gasteiger partial charge in [0, 0.05) is 40.4 Å². The molecule has 7 heteroatoms. The van der Waals surface area contributed by atoms with E-state index in [-0.39, 0.29) is 18.3 Å². The Hall–Kier alpha value is -4.03. The Morgan fingerprint density at radius 2 is 1.70 bits per heavy atom. The Labute approximate surface area is 239 Å². The molecule has 0 spiro atoms. The van der Waals surface area contributed by atoms with Crippen molar-refractivity contribution in [1.82, 2.24) is 5.32 Å². The van der Waals surface area contributed by atoms with Crippen molar-refractivity contribution in [1.29, 1.82) is 0 Å². The number of carbonyl (C=O) groups is 2. The summed E-state index contributed by atoms with van der Waals surface area (Å²) >= 11 is 6.11. The number of ketones is 1. The van der Waals surface area contributed by atoms with Crippen molar-refractivity contribution in [3.63, 3.8) is 0 Å². The molecule has 0 fully saturated rings. The number of Topliss-reactive ketones (excluding diaryl/α,β-unsaturated/α-hetero) is 1. The standard InChI is InChI=1S/C33H32ClNO5/c1-20-29(33(37)40-17-16-21-8-5-4-6-9-21)30(25-10-7-11-28(38-2)32(25)39-3)31-26(35-20)18-23(19-27(31)36)22-12-14-24(34)15-13-22/h4-15,23,30,35H,16-19H2,1-3H3/t23-,30+/m0/s1. The Bertz CT molecular complexity index is 1480. The number of halogens is 1. The molecule has 0 unspecified atom stereocenters. The quantitative estimate of drug-likeness (QED) is 0.318. The molecule has 1 N–H and O–H groups in total. The summed E-state index contributed by atoms with van der Waals surface area (Å²) in [6, 6.07) is 23.0. The lowest BCUT2D eigenvalue weighted by Gasteiger charge is -2.37. The van der Waals surface area contributed by atoms with E-state index in [0.717, 1.165) is 16.8 Å². The predicted molar refractivity (Wildman–Crippen MR) is 155 cm³/mol. The maximum Gasteiger partial charge on any atom is 0.336 e. The Kier molecular flexibility index (Phi) is 8.27. The minimum Gasteiger partial charge on any atom is -0.493 e. The number of rotatable bonds is 8. The molecule has 3 aromatic rings. The second-order valence-corrected chi connectivity index (χ2v) is 10.5. The fourth-order valence-corrected chi connectivity index (χ4v) is 5.84. The molecular weight excluding hydrogens is 526 g/mol. The topological polar surface area (TPSA) is 73.9 Å². The van der Waals surface area contributed by atoms with Crippen molar-refractivity contribution in [3.05, 3.63) is 117 Å². The molecule has 0 saturated carbocycles. The monoisotopic (exact) mass is 557 g/mol. The van der Waals surface area contributed by atoms with Crippen molar-refractivity contribution in [2.45, 2.75) is 38.0 Å². The van der Waals surface area contributed by atoms with E-state index in [1.807, 2.05) is 73.7 Å². The normalized spacial score (nSPS) is 18.6. The molecule has 0 saturated heterocycles. The van der Waals surface area contributed by atoms with E-state index in [1.165, 1.54) is 0 Å². The summed E-state index contributed by atoms with van der Waals surface area (Å²) in [5.74, 6) is -0.142. The van der Waals surface area contributed by atoms with Crippen molar-refractivity contribution >= 4 is 23.4 Å². The van der Waals surface area contributed by atoms with Crippen molar-refractivity contribution in [2.24, 2.45) is 0 Å². The first-order chi connectivity index (χ1) is 19.4. The molecule has 0 aromatic heterocycles. The highest BCUT2D eigenvalue weighted by atomic mass is 35.5. The first kappa shape index (κ1) is 27.5. The van der Waals surface area contributed by atoms with E-state index in [1.54, 1.807) is 20.3 Å². The van der Waals surface area contributed by atoms with Crippen molar-refractivity contribution < 1.29 is 23.8 Å². The molecule has 0 bridgehead atoms. The fraction of sp³-hybridized carbons (Fsp3) is 0.273. The lowest BCUT2D eigenvalue weighted by atomic mass is 9.71. The summed E-state index contributed by atoms with van der Waals surface area (Å²) in [4.78, 5) is 27.6. The number of benzene rings is 3. The van der Waals surface area contributed by atoms with Gasteiger partial charge >= 0.3 is 5.97 Å². The van der Waals surface area contributed by atoms with Gasteiger partial charge in [0.2, 0.25) is 0 Å². The maximum atomic E-state index is 13.9. The van der Waals surface area contributed by atoms with E-state index < -0.39 is 11.9 Å². The van der Waals surface area contributed by atoms with Crippen LogP contribution in [0.15, 0.2) is 95.3 Å². The molecular formula is C33H32ClNO5. The van der Waals surface area contributed by atoms with Crippen LogP contribution in [-0.4, -0.2) is 32.6 Å². The van der Waals surface area contributed by atoms with Crippen LogP contribution in [0.5, 0.6) is 11.5 Å². The molecule has 2 atom stereocenters. The average Bonchev–Trinajstić information content (AvgIpc) is 2.96. The van der Waals surface area contributed by atoms with Crippen LogP contribution in [0.3, 0.4) is 0 Å². The van der Waals surface area contributed by atoms with E-state index in [9.17, 15) is 9.59 Å². The van der Waals surface area contributed by atoms with Crippen LogP contribution in [-0.2, 0) is 20.7 Å². The predicted octanol–water partition coefficient (Wildman–Crippen LogP) is 6.50. The number of allylic oxidation sites excluding steroid dienone is 3. The van der Waals surface area contributed by atoms with E-state index in [0.29, 0.717) is 58.2 Å². The molecule has 1 heterocycles. The largest absolute Gasteiger partial charge is 0.493 e. The van der Waals surface area contributed by atoms with Gasteiger partial charge in [-0.1, -0.05) is 66.2 Å². The lowest BCUT2D eigenvalue weighted by Crippen LogP contribution is -2.36. The summed E-state index contributed by atoms with van der Waals surface area (Å²) in [6.07, 6.45) is 1.54. The third-order valence-corrected chi connectivity index (χ3v) is 7.85. The van der Waals surface area contributed by atoms with Crippen LogP contribution in [0, 0.1) is 0 Å². The molecule has 0 amide bonds. The van der Waals surface area contributed by atoms with Gasteiger partial charge in [-0.3, -0.25) is 4.79 Å². The van der Waals surface area contributed by atoms with Crippen LogP contribution in [0.1, 0.15) is 48.3 Å². The summed E-state index contributed by atoms with van der Waals surface area (Å²) in [5.41, 5.74) is 5.24. The van der Waals surface area contributed by atoms with Crippen LogP contribution in [0.25, 0.3) is 0 Å². The summed E-state index contributed by atoms with van der Waals surface area (Å²) in [6.45, 7) is 2.08. The Morgan fingerprint density at radius 1 is 0.950 bits per heavy atom. The number of nitrogens with one attached hydrogen (secondary N) is 1. The molecule has 40 heavy (non-hydrogen) atoms. The fourth-order valence-electron chi connectivity index (χ4n) is 5.71. The Morgan fingerprint density at radius 3 is 2.40 bits per heavy atom. The first-order valence-electron chi connectivity index (χ1n) is 13.3. The first-order valence-corrected chi connectivity index (χ1v) is 13.7. The molecule has 1 aliphatic heterocycles. The number of hydrogen-bond acceptors (Lipinski definition) is 6. The molecule has 0 radical (unpaired) electrons. The summed E-state index contributed by atoms with van der Waals surface area (Å²) in [7, 11) is 3.13. The van der Waals surface area contributed by atoms with Gasteiger partial charge < -0.3 is 19.5 Å². The maximum absolute atomic E-state index is 13.9. The van der Waals surface area contributed by atoms with Crippen LogP contribution >= 0.6 is 11.6 Å². The summed E-state index contributed by atoms with van der Waals surface area (Å²) < 4.78 is 17.1. The number of para-hydroxylation sites is 1. The molecule has 1 aliphatic carbocycles. The number of methoxy groups -OCH3 is 2. The summed E-state index contributed by atoms with van der Waals surface area (Å²) in [5, 5.41) is 4.06. The second-order valence-electron chi connectivity index (χ2n) is 10.0. The zero-order chi connectivity index (χ0) is 28.2. The van der Waals surface area contributed by atoms with Gasteiger partial charge in [-0.05, 0) is 48.6 Å². The van der Waals surface area contributed by atoms with Crippen LogP contribution in [0.2, 0.25) is 5.02 Å². The number of ether oxygens (including phenoxy) is 3. The molecule has 2 aliphatic rings. The highest BCUT2D eigenvalue weighted by Crippen LogP contribution is 2.49. The van der Waals surface area contributed by atoms with E-state index in [4.69, 9.17) is 25.8 Å². The second kappa shape index (κ2) is 12.0. The molecule has 206 valence electrons. The molecule has 3 aromatic carbocycles. The zero-order valence-electron chi connectivity index (χ0n) is 22.8. The molecule has 6 nitrogen and oxygen atoms in total. The van der Waals surface area contributed by atoms with Gasteiger partial charge in [-0.2, -0.15) is 0 Å². The van der Waals surface area contributed by atoms with Crippen LogP contribution in [0.4, 0.5) is 0 Å². The minimum absolute atomic E-state index is 0.00366. The smallest absolute Gasteiger partial charge is 0.336 e. The van der Waals surface area contributed by atoms with Crippen molar-refractivity contribution in [2.75, 3.05) is 20.8 Å². The Balaban J connectivity index is 1.53. The number of carbonyl (C=O) groups excluding carboxylic acids is 2. The third-order valence-electron chi connectivity index (χ3n) is 7.60. The van der Waals surface area contributed by atoms with Crippen molar-refractivity contribution in [3.8, 4) is 11.5 Å². The van der Waals surface area contributed by atoms with Crippen LogP contribution < -0.4 is 14.8 Å². The minimum atomic E-state index is -0.663. The van der Waals surface area contributed by atoms with Gasteiger partial charge in [0.15, 0.2) is 17.3 Å². The highest BCUT2D eigenvalue weighted by molar-refractivity contribution is 6.30. The van der Waals surface area contributed by atoms with E-state index >= 15 is 0 Å². The van der Waals surface area contributed by atoms with E-state index in [2.05, 4.69) is 5.32 Å². The molecule has 5 rings (SSSR count).